The molecule has 0 aliphatic rings. The van der Waals surface area contributed by atoms with Crippen molar-refractivity contribution < 1.29 is 43.0 Å². The van der Waals surface area contributed by atoms with Gasteiger partial charge in [0.05, 0.1) is 0 Å². The molecule has 6 amide bonds. The van der Waals surface area contributed by atoms with Crippen molar-refractivity contribution in [2.75, 3.05) is 38.0 Å². The molecule has 0 spiro atoms. The Kier molecular flexibility index (Phi) is 16.7. The number of ether oxygens (including phenoxy) is 3. The third kappa shape index (κ3) is 20.5. The number of carbonyl (C=O) groups excluding carboxylic acids is 6. The van der Waals surface area contributed by atoms with Crippen molar-refractivity contribution in [3.8, 4) is 0 Å². The summed E-state index contributed by atoms with van der Waals surface area (Å²) >= 11 is 0. The van der Waals surface area contributed by atoms with E-state index in [0.717, 1.165) is 0 Å². The lowest BCUT2D eigenvalue weighted by molar-refractivity contribution is -0.116. The highest BCUT2D eigenvalue weighted by Crippen LogP contribution is 2.17. The Morgan fingerprint density at radius 1 is 0.500 bits per heavy atom. The number of nitrogens with one attached hydrogen (secondary N) is 6. The van der Waals surface area contributed by atoms with Crippen molar-refractivity contribution in [1.29, 1.82) is 0 Å². The second kappa shape index (κ2) is 19.3. The summed E-state index contributed by atoms with van der Waals surface area (Å²) in [6.45, 7) is 17.0. The minimum atomic E-state index is -0.642. The van der Waals surface area contributed by atoms with E-state index >= 15 is 0 Å². The Hall–Kier alpha value is -4.56. The molecule has 0 saturated carbocycles. The SMILES string of the molecule is CC(C)(C)OC(=O)NCCCNC(=O)c1cc(NC(=O)CCCNC(=O)OC(C)(C)C)cc(C(=O)NCCCNC(=O)OC(C)(C)C)c1. The zero-order valence-corrected chi connectivity index (χ0v) is 29.8. The molecule has 0 saturated heterocycles. The highest BCUT2D eigenvalue weighted by molar-refractivity contribution is 6.02. The maximum Gasteiger partial charge on any atom is 0.407 e. The lowest BCUT2D eigenvalue weighted by Crippen LogP contribution is -2.34. The van der Waals surface area contributed by atoms with Crippen molar-refractivity contribution in [2.24, 2.45) is 0 Å². The van der Waals surface area contributed by atoms with Gasteiger partial charge in [0.15, 0.2) is 0 Å². The van der Waals surface area contributed by atoms with Crippen LogP contribution in [0.25, 0.3) is 0 Å². The molecule has 0 aromatic heterocycles. The first-order chi connectivity index (χ1) is 22.1. The number of benzene rings is 1. The molecule has 0 unspecified atom stereocenters. The van der Waals surface area contributed by atoms with Crippen LogP contribution in [0.5, 0.6) is 0 Å². The number of hydrogen-bond donors (Lipinski definition) is 6. The standard InChI is InChI=1S/C33H54N6O9/c1-31(2,3)46-28(43)36-14-10-13-25(40)39-24-20-22(26(41)34-15-11-17-37-29(44)47-32(4,5)6)19-23(21-24)27(42)35-16-12-18-38-30(45)48-33(7,8)9/h19-21H,10-18H2,1-9H3,(H,34,41)(H,35,42)(H,36,43)(H,37,44)(H,38,45)(H,39,40). The van der Waals surface area contributed by atoms with Gasteiger partial charge in [-0.15, -0.1) is 0 Å². The normalized spacial score (nSPS) is 11.4. The Labute approximate surface area is 283 Å². The largest absolute Gasteiger partial charge is 0.444 e. The maximum absolute atomic E-state index is 13.0. The second-order valence-electron chi connectivity index (χ2n) is 14.0. The van der Waals surface area contributed by atoms with Gasteiger partial charge in [-0.1, -0.05) is 0 Å². The van der Waals surface area contributed by atoms with Gasteiger partial charge < -0.3 is 46.1 Å². The predicted molar refractivity (Wildman–Crippen MR) is 181 cm³/mol. The number of hydrogen-bond acceptors (Lipinski definition) is 9. The molecular weight excluding hydrogens is 624 g/mol. The van der Waals surface area contributed by atoms with Crippen LogP contribution in [-0.2, 0) is 19.0 Å². The van der Waals surface area contributed by atoms with Crippen molar-refractivity contribution >= 4 is 41.7 Å². The van der Waals surface area contributed by atoms with Gasteiger partial charge in [-0.3, -0.25) is 14.4 Å². The van der Waals surface area contributed by atoms with Crippen LogP contribution in [0.2, 0.25) is 0 Å². The van der Waals surface area contributed by atoms with E-state index in [1.54, 1.807) is 62.3 Å². The second-order valence-corrected chi connectivity index (χ2v) is 14.0. The molecule has 0 aliphatic carbocycles. The molecule has 0 fully saturated rings. The molecule has 15 nitrogen and oxygen atoms in total. The summed E-state index contributed by atoms with van der Waals surface area (Å²) in [6.07, 6.45) is -0.481. The highest BCUT2D eigenvalue weighted by Gasteiger charge is 2.19. The van der Waals surface area contributed by atoms with E-state index in [2.05, 4.69) is 31.9 Å². The van der Waals surface area contributed by atoms with Crippen LogP contribution in [0, 0.1) is 0 Å². The first-order valence-corrected chi connectivity index (χ1v) is 16.1. The third-order valence-electron chi connectivity index (χ3n) is 5.60. The monoisotopic (exact) mass is 678 g/mol. The number of carbonyl (C=O) groups is 6. The molecule has 48 heavy (non-hydrogen) atoms. The molecule has 0 heterocycles. The molecule has 0 bridgehead atoms. The fourth-order valence-corrected chi connectivity index (χ4v) is 3.73. The van der Waals surface area contributed by atoms with Crippen molar-refractivity contribution in [2.45, 2.75) is 105 Å². The first-order valence-electron chi connectivity index (χ1n) is 16.1. The zero-order chi connectivity index (χ0) is 36.5. The van der Waals surface area contributed by atoms with Gasteiger partial charge in [-0.05, 0) is 99.8 Å². The summed E-state index contributed by atoms with van der Waals surface area (Å²) in [5.41, 5.74) is -1.40. The van der Waals surface area contributed by atoms with Crippen LogP contribution in [0.4, 0.5) is 20.1 Å². The Morgan fingerprint density at radius 2 is 0.833 bits per heavy atom. The summed E-state index contributed by atoms with van der Waals surface area (Å²) in [4.78, 5) is 74.1. The quantitative estimate of drug-likeness (QED) is 0.116. The molecule has 0 aliphatic heterocycles. The molecule has 1 aromatic carbocycles. The Morgan fingerprint density at radius 3 is 1.19 bits per heavy atom. The first kappa shape index (κ1) is 41.5. The number of alkyl carbamates (subject to hydrolysis) is 3. The van der Waals surface area contributed by atoms with Gasteiger partial charge in [0.1, 0.15) is 16.8 Å². The summed E-state index contributed by atoms with van der Waals surface area (Å²) < 4.78 is 15.5. The van der Waals surface area contributed by atoms with Crippen molar-refractivity contribution in [3.05, 3.63) is 29.3 Å². The van der Waals surface area contributed by atoms with Gasteiger partial charge in [-0.25, -0.2) is 14.4 Å². The molecule has 1 aromatic rings. The summed E-state index contributed by atoms with van der Waals surface area (Å²) in [7, 11) is 0. The molecule has 270 valence electrons. The molecular formula is C33H54N6O9. The minimum absolute atomic E-state index is 0.0586. The van der Waals surface area contributed by atoms with E-state index in [1.165, 1.54) is 18.2 Å². The van der Waals surface area contributed by atoms with Crippen LogP contribution in [-0.4, -0.2) is 85.5 Å². The smallest absolute Gasteiger partial charge is 0.407 e. The van der Waals surface area contributed by atoms with Gasteiger partial charge in [0.2, 0.25) is 5.91 Å². The van der Waals surface area contributed by atoms with Gasteiger partial charge >= 0.3 is 18.3 Å². The van der Waals surface area contributed by atoms with Crippen LogP contribution in [0.3, 0.4) is 0 Å². The molecule has 6 N–H and O–H groups in total. The Balaban J connectivity index is 2.82. The average Bonchev–Trinajstić information content (AvgIpc) is 2.91. The summed E-state index contributed by atoms with van der Waals surface area (Å²) in [6, 6.07) is 4.31. The third-order valence-corrected chi connectivity index (χ3v) is 5.60. The van der Waals surface area contributed by atoms with E-state index in [-0.39, 0.29) is 61.9 Å². The van der Waals surface area contributed by atoms with Crippen LogP contribution in [0.1, 0.15) is 109 Å². The average molecular weight is 679 g/mol. The molecule has 15 heteroatoms. The fourth-order valence-electron chi connectivity index (χ4n) is 3.73. The van der Waals surface area contributed by atoms with Crippen molar-refractivity contribution in [3.63, 3.8) is 0 Å². The Bertz CT molecular complexity index is 1200. The molecule has 1 rings (SSSR count). The molecule has 0 atom stereocenters. The molecule has 0 radical (unpaired) electrons. The van der Waals surface area contributed by atoms with E-state index in [9.17, 15) is 28.8 Å². The van der Waals surface area contributed by atoms with E-state index in [4.69, 9.17) is 14.2 Å². The fraction of sp³-hybridized carbons (Fsp3) is 0.636. The number of amides is 6. The number of anilines is 1. The lowest BCUT2D eigenvalue weighted by atomic mass is 10.1. The van der Waals surface area contributed by atoms with Crippen molar-refractivity contribution in [1.82, 2.24) is 26.6 Å². The predicted octanol–water partition coefficient (Wildman–Crippen LogP) is 4.22. The van der Waals surface area contributed by atoms with E-state index in [0.29, 0.717) is 19.3 Å². The maximum atomic E-state index is 13.0. The lowest BCUT2D eigenvalue weighted by Gasteiger charge is -2.19. The van der Waals surface area contributed by atoms with Gasteiger partial charge in [-0.2, -0.15) is 0 Å². The van der Waals surface area contributed by atoms with Crippen LogP contribution in [0.15, 0.2) is 18.2 Å². The number of rotatable bonds is 15. The zero-order valence-electron chi connectivity index (χ0n) is 29.8. The van der Waals surface area contributed by atoms with E-state index < -0.39 is 46.9 Å². The summed E-state index contributed by atoms with van der Waals surface area (Å²) in [5.74, 6) is -1.35. The van der Waals surface area contributed by atoms with Crippen LogP contribution >= 0.6 is 0 Å². The van der Waals surface area contributed by atoms with Gasteiger partial charge in [0.25, 0.3) is 11.8 Å². The van der Waals surface area contributed by atoms with E-state index in [1.807, 2.05) is 0 Å². The summed E-state index contributed by atoms with van der Waals surface area (Å²) in [5, 5.41) is 16.0. The highest BCUT2D eigenvalue weighted by atomic mass is 16.6. The van der Waals surface area contributed by atoms with Crippen LogP contribution < -0.4 is 31.9 Å². The topological polar surface area (TPSA) is 202 Å². The van der Waals surface area contributed by atoms with Gasteiger partial charge in [0, 0.05) is 56.0 Å². The minimum Gasteiger partial charge on any atom is -0.444 e.